The van der Waals surface area contributed by atoms with Crippen LogP contribution in [0.1, 0.15) is 22.3 Å². The fourth-order valence-electron chi connectivity index (χ4n) is 10.7. The van der Waals surface area contributed by atoms with Gasteiger partial charge in [0, 0.05) is 36.9 Å². The van der Waals surface area contributed by atoms with Crippen LogP contribution in [0.25, 0.3) is 98.6 Å². The first-order chi connectivity index (χ1) is 33.7. The minimum absolute atomic E-state index is 0.536. The topological polar surface area (TPSA) is 25.8 Å². The van der Waals surface area contributed by atoms with Crippen LogP contribution in [-0.4, -0.2) is 9.97 Å². The van der Waals surface area contributed by atoms with Gasteiger partial charge in [0.2, 0.25) is 0 Å². The molecule has 0 N–H and O–H groups in total. The third kappa shape index (κ3) is 6.54. The largest absolute Gasteiger partial charge is 0.228 e. The van der Waals surface area contributed by atoms with E-state index in [-0.39, 0.29) is 0 Å². The number of benzene rings is 10. The van der Waals surface area contributed by atoms with Crippen LogP contribution in [0.5, 0.6) is 0 Å². The molecule has 0 unspecified atom stereocenters. The van der Waals surface area contributed by atoms with E-state index in [1.54, 1.807) is 0 Å². The van der Waals surface area contributed by atoms with Gasteiger partial charge in [-0.2, -0.15) is 0 Å². The molecule has 0 aliphatic heterocycles. The molecule has 0 fully saturated rings. The average Bonchev–Trinajstić information content (AvgIpc) is 3.95. The molecule has 0 atom stereocenters. The van der Waals surface area contributed by atoms with Crippen LogP contribution < -0.4 is 0 Å². The molecule has 0 spiro atoms. The van der Waals surface area contributed by atoms with Crippen molar-refractivity contribution < 1.29 is 0 Å². The third-order valence-corrected chi connectivity index (χ3v) is 15.0. The van der Waals surface area contributed by atoms with E-state index in [9.17, 15) is 0 Å². The Balaban J connectivity index is 1.06. The van der Waals surface area contributed by atoms with Crippen molar-refractivity contribution in [3.8, 4) is 78.4 Å². The first-order valence-corrected chi connectivity index (χ1v) is 24.0. The Hall–Kier alpha value is -8.50. The van der Waals surface area contributed by atoms with Crippen molar-refractivity contribution in [1.29, 1.82) is 0 Å². The van der Waals surface area contributed by atoms with E-state index in [0.717, 1.165) is 39.2 Å². The van der Waals surface area contributed by atoms with Crippen molar-refractivity contribution >= 4 is 31.5 Å². The average molecular weight is 883 g/mol. The highest BCUT2D eigenvalue weighted by atomic mass is 32.1. The van der Waals surface area contributed by atoms with E-state index in [4.69, 9.17) is 9.97 Å². The third-order valence-electron chi connectivity index (χ3n) is 13.8. The molecule has 3 heteroatoms. The van der Waals surface area contributed by atoms with Crippen LogP contribution in [0.2, 0.25) is 0 Å². The van der Waals surface area contributed by atoms with E-state index in [2.05, 4.69) is 249 Å². The lowest BCUT2D eigenvalue weighted by molar-refractivity contribution is 0.768. The molecule has 2 aromatic heterocycles. The molecule has 2 heterocycles. The second kappa shape index (κ2) is 16.4. The number of nitrogens with zero attached hydrogens (tertiary/aromatic N) is 2. The van der Waals surface area contributed by atoms with Gasteiger partial charge >= 0.3 is 0 Å². The lowest BCUT2D eigenvalue weighted by atomic mass is 9.67. The molecular weight excluding hydrogens is 841 g/mol. The van der Waals surface area contributed by atoms with E-state index >= 15 is 0 Å². The number of rotatable bonds is 8. The summed E-state index contributed by atoms with van der Waals surface area (Å²) in [5, 5.41) is 2.56. The highest BCUT2D eigenvalue weighted by Gasteiger charge is 2.46. The number of thiophene rings is 1. The summed E-state index contributed by atoms with van der Waals surface area (Å²) in [7, 11) is 0. The SMILES string of the molecule is c1ccc(-c2nc(-c3cc(-c4ccccc4-c4ccccc4)cc(-c4cccc5c4sc4ccccc45)c3)cc(-c3ccc4c(c3)C(c3ccccc3)(c3ccccc3)c3ccccc3-4)n2)cc1. The molecule has 1 aliphatic rings. The molecule has 12 aromatic rings. The van der Waals surface area contributed by atoms with E-state index in [1.807, 2.05) is 17.4 Å². The quantitative estimate of drug-likeness (QED) is 0.152. The number of hydrogen-bond acceptors (Lipinski definition) is 3. The second-order valence-electron chi connectivity index (χ2n) is 17.6. The summed E-state index contributed by atoms with van der Waals surface area (Å²) in [6.45, 7) is 0. The van der Waals surface area contributed by atoms with Gasteiger partial charge in [0.25, 0.3) is 0 Å². The maximum atomic E-state index is 5.47. The smallest absolute Gasteiger partial charge is 0.160 e. The summed E-state index contributed by atoms with van der Waals surface area (Å²) in [6, 6.07) is 92.5. The zero-order valence-corrected chi connectivity index (χ0v) is 37.9. The van der Waals surface area contributed by atoms with Crippen molar-refractivity contribution in [2.75, 3.05) is 0 Å². The Labute approximate surface area is 400 Å². The van der Waals surface area contributed by atoms with Crippen LogP contribution in [-0.2, 0) is 5.41 Å². The highest BCUT2D eigenvalue weighted by Crippen LogP contribution is 2.57. The van der Waals surface area contributed by atoms with Crippen LogP contribution in [0.4, 0.5) is 0 Å². The molecule has 13 rings (SSSR count). The number of fused-ring (bicyclic) bond motifs is 6. The maximum Gasteiger partial charge on any atom is 0.160 e. The van der Waals surface area contributed by atoms with Crippen molar-refractivity contribution in [3.05, 3.63) is 277 Å². The minimum Gasteiger partial charge on any atom is -0.228 e. The van der Waals surface area contributed by atoms with Crippen LogP contribution in [0.15, 0.2) is 255 Å². The molecule has 68 heavy (non-hydrogen) atoms. The van der Waals surface area contributed by atoms with E-state index in [0.29, 0.717) is 5.82 Å². The molecule has 0 bridgehead atoms. The van der Waals surface area contributed by atoms with Crippen LogP contribution in [0.3, 0.4) is 0 Å². The van der Waals surface area contributed by atoms with Gasteiger partial charge in [-0.3, -0.25) is 0 Å². The predicted molar refractivity (Wildman–Crippen MR) is 285 cm³/mol. The summed E-state index contributed by atoms with van der Waals surface area (Å²) < 4.78 is 2.57. The van der Waals surface area contributed by atoms with Gasteiger partial charge < -0.3 is 0 Å². The monoisotopic (exact) mass is 882 g/mol. The van der Waals surface area contributed by atoms with Crippen LogP contribution >= 0.6 is 11.3 Å². The van der Waals surface area contributed by atoms with Crippen molar-refractivity contribution in [2.24, 2.45) is 0 Å². The highest BCUT2D eigenvalue weighted by molar-refractivity contribution is 7.26. The van der Waals surface area contributed by atoms with Crippen LogP contribution in [0, 0.1) is 0 Å². The molecular formula is C65H42N2S. The van der Waals surface area contributed by atoms with Gasteiger partial charge in [-0.25, -0.2) is 9.97 Å². The van der Waals surface area contributed by atoms with Gasteiger partial charge in [-0.15, -0.1) is 11.3 Å². The molecule has 318 valence electrons. The summed E-state index contributed by atoms with van der Waals surface area (Å²) in [6.07, 6.45) is 0. The predicted octanol–water partition coefficient (Wildman–Crippen LogP) is 17.2. The molecule has 1 aliphatic carbocycles. The Morgan fingerprint density at radius 3 is 1.50 bits per heavy atom. The summed E-state index contributed by atoms with van der Waals surface area (Å²) in [5.74, 6) is 0.683. The van der Waals surface area contributed by atoms with E-state index in [1.165, 1.54) is 75.8 Å². The second-order valence-corrected chi connectivity index (χ2v) is 18.7. The Morgan fingerprint density at radius 1 is 0.294 bits per heavy atom. The fourth-order valence-corrected chi connectivity index (χ4v) is 12.0. The number of aromatic nitrogens is 2. The molecule has 10 aromatic carbocycles. The van der Waals surface area contributed by atoms with Crippen molar-refractivity contribution in [1.82, 2.24) is 9.97 Å². The zero-order chi connectivity index (χ0) is 45.0. The Morgan fingerprint density at radius 2 is 0.794 bits per heavy atom. The Kier molecular flexibility index (Phi) is 9.62. The van der Waals surface area contributed by atoms with Gasteiger partial charge in [-0.05, 0) is 103 Å². The fraction of sp³-hybridized carbons (Fsp3) is 0.0154. The van der Waals surface area contributed by atoms with Gasteiger partial charge in [0.1, 0.15) is 0 Å². The van der Waals surface area contributed by atoms with Gasteiger partial charge in [-0.1, -0.05) is 218 Å². The molecule has 0 amide bonds. The zero-order valence-electron chi connectivity index (χ0n) is 37.1. The molecule has 0 radical (unpaired) electrons. The molecule has 2 nitrogen and oxygen atoms in total. The standard InChI is InChI=1S/C65H42N2S/c1-5-20-43(21-6-1)51-28-13-14-29-52(51)46-38-47(53-32-19-33-57-56-31-16-18-35-62(56)68-63(53)57)40-48(39-46)61-42-60(66-64(67-61)44-22-7-2-8-23-44)45-36-37-55-54-30-15-17-34-58(54)65(59(55)41-45,49-24-9-3-10-25-49)50-26-11-4-12-27-50/h1-42H. The molecule has 0 saturated carbocycles. The maximum absolute atomic E-state index is 5.47. The van der Waals surface area contributed by atoms with E-state index < -0.39 is 5.41 Å². The first kappa shape index (κ1) is 39.8. The summed E-state index contributed by atoms with van der Waals surface area (Å²) >= 11 is 1.86. The van der Waals surface area contributed by atoms with Crippen molar-refractivity contribution in [3.63, 3.8) is 0 Å². The Bertz CT molecular complexity index is 3800. The number of hydrogen-bond donors (Lipinski definition) is 0. The summed E-state index contributed by atoms with van der Waals surface area (Å²) in [4.78, 5) is 10.9. The lowest BCUT2D eigenvalue weighted by Crippen LogP contribution is -2.28. The minimum atomic E-state index is -0.536. The lowest BCUT2D eigenvalue weighted by Gasteiger charge is -2.34. The van der Waals surface area contributed by atoms with Gasteiger partial charge in [0.15, 0.2) is 5.82 Å². The van der Waals surface area contributed by atoms with Gasteiger partial charge in [0.05, 0.1) is 16.8 Å². The summed E-state index contributed by atoms with van der Waals surface area (Å²) in [5.41, 5.74) is 18.7. The molecule has 0 saturated heterocycles. The van der Waals surface area contributed by atoms with Crippen molar-refractivity contribution in [2.45, 2.75) is 5.41 Å². The normalized spacial score (nSPS) is 12.5. The first-order valence-electron chi connectivity index (χ1n) is 23.2.